The summed E-state index contributed by atoms with van der Waals surface area (Å²) in [5.41, 5.74) is 7.22. The van der Waals surface area contributed by atoms with Crippen LogP contribution in [0.15, 0.2) is 30.3 Å². The smallest absolute Gasteiger partial charge is 0.224 e. The summed E-state index contributed by atoms with van der Waals surface area (Å²) in [4.78, 5) is 15.2. The molecule has 3 rings (SSSR count). The molecule has 132 valence electrons. The number of benzene rings is 1. The number of nitrogens with one attached hydrogen (secondary N) is 1. The third-order valence-electron chi connectivity index (χ3n) is 5.66. The van der Waals surface area contributed by atoms with Crippen LogP contribution in [-0.2, 0) is 11.3 Å². The summed E-state index contributed by atoms with van der Waals surface area (Å²) in [5.74, 6) is 0.840. The summed E-state index contributed by atoms with van der Waals surface area (Å²) in [5, 5.41) is 3.33. The first-order chi connectivity index (χ1) is 11.8. The van der Waals surface area contributed by atoms with Crippen molar-refractivity contribution in [3.8, 4) is 0 Å². The van der Waals surface area contributed by atoms with Gasteiger partial charge in [-0.25, -0.2) is 0 Å². The van der Waals surface area contributed by atoms with Crippen LogP contribution in [0.4, 0.5) is 0 Å². The van der Waals surface area contributed by atoms with E-state index in [1.165, 1.54) is 18.4 Å². The van der Waals surface area contributed by atoms with Gasteiger partial charge in [0.1, 0.15) is 0 Å². The number of nitrogens with two attached hydrogens (primary N) is 1. The van der Waals surface area contributed by atoms with Crippen LogP contribution in [0, 0.1) is 11.8 Å². The van der Waals surface area contributed by atoms with Crippen LogP contribution in [0.25, 0.3) is 0 Å². The second-order valence-corrected chi connectivity index (χ2v) is 7.46. The van der Waals surface area contributed by atoms with Crippen LogP contribution in [0.2, 0.25) is 0 Å². The molecule has 3 N–H and O–H groups in total. The third-order valence-corrected chi connectivity index (χ3v) is 5.66. The fourth-order valence-corrected chi connectivity index (χ4v) is 4.24. The van der Waals surface area contributed by atoms with Gasteiger partial charge < -0.3 is 11.1 Å². The molecule has 1 aromatic carbocycles. The second-order valence-electron chi connectivity index (χ2n) is 7.46. The molecule has 0 aromatic heterocycles. The van der Waals surface area contributed by atoms with Gasteiger partial charge in [0.05, 0.1) is 5.92 Å². The van der Waals surface area contributed by atoms with E-state index in [0.29, 0.717) is 18.5 Å². The molecule has 0 bridgehead atoms. The van der Waals surface area contributed by atoms with E-state index in [9.17, 15) is 4.79 Å². The predicted molar refractivity (Wildman–Crippen MR) is 97.4 cm³/mol. The Labute approximate surface area is 145 Å². The highest BCUT2D eigenvalue weighted by atomic mass is 16.2. The lowest BCUT2D eigenvalue weighted by Crippen LogP contribution is -2.49. The number of likely N-dealkylation sites (tertiary alicyclic amines) is 1. The number of amides is 1. The van der Waals surface area contributed by atoms with E-state index < -0.39 is 0 Å². The molecule has 0 spiro atoms. The highest BCUT2D eigenvalue weighted by molar-refractivity contribution is 5.79. The quantitative estimate of drug-likeness (QED) is 0.873. The summed E-state index contributed by atoms with van der Waals surface area (Å²) in [6.07, 6.45) is 6.84. The Bertz CT molecular complexity index is 519. The fourth-order valence-electron chi connectivity index (χ4n) is 4.24. The molecule has 1 saturated heterocycles. The molecule has 1 aliphatic heterocycles. The van der Waals surface area contributed by atoms with Crippen LogP contribution in [0.3, 0.4) is 0 Å². The number of rotatable bonds is 5. The molecule has 1 saturated carbocycles. The Kier molecular flexibility index (Phi) is 6.27. The van der Waals surface area contributed by atoms with E-state index in [-0.39, 0.29) is 11.8 Å². The van der Waals surface area contributed by atoms with Crippen LogP contribution in [0.5, 0.6) is 0 Å². The Hall–Kier alpha value is -1.39. The Morgan fingerprint density at radius 3 is 2.71 bits per heavy atom. The minimum atomic E-state index is 0.128. The van der Waals surface area contributed by atoms with Gasteiger partial charge >= 0.3 is 0 Å². The van der Waals surface area contributed by atoms with Crippen molar-refractivity contribution in [2.45, 2.75) is 51.1 Å². The summed E-state index contributed by atoms with van der Waals surface area (Å²) in [6, 6.07) is 10.8. The van der Waals surface area contributed by atoms with Crippen molar-refractivity contribution in [1.29, 1.82) is 0 Å². The van der Waals surface area contributed by atoms with Crippen LogP contribution in [-0.4, -0.2) is 36.5 Å². The van der Waals surface area contributed by atoms with Gasteiger partial charge in [-0.3, -0.25) is 9.69 Å². The maximum atomic E-state index is 12.7. The first-order valence-corrected chi connectivity index (χ1v) is 9.53. The molecule has 3 unspecified atom stereocenters. The van der Waals surface area contributed by atoms with Crippen LogP contribution >= 0.6 is 0 Å². The van der Waals surface area contributed by atoms with Crippen molar-refractivity contribution in [2.24, 2.45) is 17.6 Å². The lowest BCUT2D eigenvalue weighted by molar-refractivity contribution is -0.128. The molecule has 2 fully saturated rings. The second kappa shape index (κ2) is 8.63. The highest BCUT2D eigenvalue weighted by Crippen LogP contribution is 2.25. The van der Waals surface area contributed by atoms with Gasteiger partial charge in [-0.2, -0.15) is 0 Å². The van der Waals surface area contributed by atoms with E-state index in [4.69, 9.17) is 5.73 Å². The normalized spacial score (nSPS) is 28.5. The lowest BCUT2D eigenvalue weighted by atomic mass is 9.84. The zero-order chi connectivity index (χ0) is 16.8. The van der Waals surface area contributed by atoms with Crippen LogP contribution in [0.1, 0.15) is 44.1 Å². The molecule has 1 heterocycles. The fraction of sp³-hybridized carbons (Fsp3) is 0.650. The maximum absolute atomic E-state index is 12.7. The zero-order valence-corrected chi connectivity index (χ0v) is 14.6. The molecule has 4 nitrogen and oxygen atoms in total. The summed E-state index contributed by atoms with van der Waals surface area (Å²) < 4.78 is 0. The number of hydrogen-bond acceptors (Lipinski definition) is 3. The molecule has 24 heavy (non-hydrogen) atoms. The summed E-state index contributed by atoms with van der Waals surface area (Å²) in [7, 11) is 0. The van der Waals surface area contributed by atoms with Gasteiger partial charge in [0.15, 0.2) is 0 Å². The highest BCUT2D eigenvalue weighted by Gasteiger charge is 2.30. The van der Waals surface area contributed by atoms with Crippen molar-refractivity contribution < 1.29 is 4.79 Å². The Morgan fingerprint density at radius 2 is 1.92 bits per heavy atom. The molecule has 1 aromatic rings. The van der Waals surface area contributed by atoms with E-state index >= 15 is 0 Å². The van der Waals surface area contributed by atoms with Crippen molar-refractivity contribution in [3.63, 3.8) is 0 Å². The first-order valence-electron chi connectivity index (χ1n) is 9.53. The van der Waals surface area contributed by atoms with E-state index in [2.05, 4.69) is 34.5 Å². The molecular weight excluding hydrogens is 298 g/mol. The summed E-state index contributed by atoms with van der Waals surface area (Å²) >= 11 is 0. The number of piperidine rings is 1. The van der Waals surface area contributed by atoms with Crippen molar-refractivity contribution in [3.05, 3.63) is 35.9 Å². The average molecular weight is 329 g/mol. The van der Waals surface area contributed by atoms with Gasteiger partial charge in [-0.15, -0.1) is 0 Å². The molecule has 1 aliphatic carbocycles. The Balaban J connectivity index is 1.53. The minimum Gasteiger partial charge on any atom is -0.353 e. The molecular formula is C20H31N3O. The minimum absolute atomic E-state index is 0.128. The van der Waals surface area contributed by atoms with Gasteiger partial charge in [-0.05, 0) is 50.3 Å². The number of carbonyl (C=O) groups is 1. The maximum Gasteiger partial charge on any atom is 0.224 e. The van der Waals surface area contributed by atoms with Gasteiger partial charge in [0.25, 0.3) is 0 Å². The molecule has 0 radical (unpaired) electrons. The monoisotopic (exact) mass is 329 g/mol. The van der Waals surface area contributed by atoms with Gasteiger partial charge in [0, 0.05) is 19.1 Å². The SMILES string of the molecule is NCC1CCCCC1NC(=O)C1CCCN(Cc2ccccc2)C1. The van der Waals surface area contributed by atoms with Crippen molar-refractivity contribution >= 4 is 5.91 Å². The Morgan fingerprint density at radius 1 is 1.12 bits per heavy atom. The van der Waals surface area contributed by atoms with E-state index in [0.717, 1.165) is 45.3 Å². The van der Waals surface area contributed by atoms with Crippen molar-refractivity contribution in [2.75, 3.05) is 19.6 Å². The molecule has 4 heteroatoms. The summed E-state index contributed by atoms with van der Waals surface area (Å²) in [6.45, 7) is 3.60. The van der Waals surface area contributed by atoms with Gasteiger partial charge in [-0.1, -0.05) is 43.2 Å². The standard InChI is InChI=1S/C20H31N3O/c21-13-17-9-4-5-11-19(17)22-20(24)18-10-6-12-23(15-18)14-16-7-2-1-3-8-16/h1-3,7-8,17-19H,4-6,9-15,21H2,(H,22,24). The van der Waals surface area contributed by atoms with Crippen LogP contribution < -0.4 is 11.1 Å². The first kappa shape index (κ1) is 17.4. The molecule has 1 amide bonds. The third kappa shape index (κ3) is 4.58. The number of hydrogen-bond donors (Lipinski definition) is 2. The lowest BCUT2D eigenvalue weighted by Gasteiger charge is -2.35. The number of nitrogens with zero attached hydrogens (tertiary/aromatic N) is 1. The predicted octanol–water partition coefficient (Wildman–Crippen LogP) is 2.53. The van der Waals surface area contributed by atoms with E-state index in [1.807, 2.05) is 6.07 Å². The molecule has 3 atom stereocenters. The topological polar surface area (TPSA) is 58.4 Å². The van der Waals surface area contributed by atoms with Gasteiger partial charge in [0.2, 0.25) is 5.91 Å². The molecule has 2 aliphatic rings. The number of carbonyl (C=O) groups excluding carboxylic acids is 1. The largest absolute Gasteiger partial charge is 0.353 e. The van der Waals surface area contributed by atoms with Crippen molar-refractivity contribution in [1.82, 2.24) is 10.2 Å². The zero-order valence-electron chi connectivity index (χ0n) is 14.6. The average Bonchev–Trinajstić information content (AvgIpc) is 2.63. The van der Waals surface area contributed by atoms with E-state index in [1.54, 1.807) is 0 Å².